The Hall–Kier alpha value is -2.23. The van der Waals surface area contributed by atoms with Crippen molar-refractivity contribution >= 4 is 6.09 Å². The largest absolute Gasteiger partial charge is 0.444 e. The summed E-state index contributed by atoms with van der Waals surface area (Å²) in [5.74, 6) is 0. The van der Waals surface area contributed by atoms with Crippen LogP contribution in [0.25, 0.3) is 0 Å². The predicted molar refractivity (Wildman–Crippen MR) is 121 cm³/mol. The molecular formula is C24H36N2O7. The minimum absolute atomic E-state index is 0.0129. The topological polar surface area (TPSA) is 111 Å². The van der Waals surface area contributed by atoms with Crippen molar-refractivity contribution in [3.8, 4) is 0 Å². The molecule has 1 saturated carbocycles. The molecule has 1 saturated heterocycles. The summed E-state index contributed by atoms with van der Waals surface area (Å²) < 4.78 is 17.5. The maximum atomic E-state index is 12.7. The second-order valence-corrected chi connectivity index (χ2v) is 9.99. The van der Waals surface area contributed by atoms with Crippen LogP contribution in [-0.4, -0.2) is 70.2 Å². The van der Waals surface area contributed by atoms with Crippen molar-refractivity contribution < 1.29 is 29.0 Å². The third kappa shape index (κ3) is 6.43. The highest BCUT2D eigenvalue weighted by atomic mass is 16.6. The minimum atomic E-state index is -1.65. The van der Waals surface area contributed by atoms with E-state index >= 15 is 0 Å². The van der Waals surface area contributed by atoms with Gasteiger partial charge in [0.1, 0.15) is 18.2 Å². The zero-order valence-electron chi connectivity index (χ0n) is 19.8. The first-order chi connectivity index (χ1) is 15.6. The summed E-state index contributed by atoms with van der Waals surface area (Å²) in [6.45, 7) is 5.29. The number of amides is 1. The molecule has 1 aromatic rings. The van der Waals surface area contributed by atoms with Crippen LogP contribution < -0.4 is 0 Å². The third-order valence-electron chi connectivity index (χ3n) is 6.49. The van der Waals surface area contributed by atoms with Crippen molar-refractivity contribution in [2.24, 2.45) is 0 Å². The molecule has 0 aromatic heterocycles. The Kier molecular flexibility index (Phi) is 8.31. The van der Waals surface area contributed by atoms with Crippen LogP contribution in [0.4, 0.5) is 4.79 Å². The smallest absolute Gasteiger partial charge is 0.410 e. The van der Waals surface area contributed by atoms with Crippen molar-refractivity contribution in [2.75, 3.05) is 19.8 Å². The van der Waals surface area contributed by atoms with Crippen molar-refractivity contribution in [2.45, 2.75) is 88.9 Å². The number of benzene rings is 1. The van der Waals surface area contributed by atoms with Crippen LogP contribution in [-0.2, 0) is 20.8 Å². The number of carbonyl (C=O) groups is 1. The summed E-state index contributed by atoms with van der Waals surface area (Å²) in [6.07, 6.45) is 2.79. The van der Waals surface area contributed by atoms with Crippen molar-refractivity contribution in [3.05, 3.63) is 46.0 Å². The van der Waals surface area contributed by atoms with E-state index in [1.165, 1.54) is 4.90 Å². The lowest BCUT2D eigenvalue weighted by Gasteiger charge is -2.34. The lowest BCUT2D eigenvalue weighted by molar-refractivity contribution is -0.576. The van der Waals surface area contributed by atoms with Crippen molar-refractivity contribution in [3.63, 3.8) is 0 Å². The number of rotatable bonds is 8. The Morgan fingerprint density at radius 2 is 1.76 bits per heavy atom. The van der Waals surface area contributed by atoms with Gasteiger partial charge < -0.3 is 19.3 Å². The van der Waals surface area contributed by atoms with Gasteiger partial charge in [-0.05, 0) is 52.0 Å². The number of ether oxygens (including phenoxy) is 3. The standard InChI is InChI=1S/C24H36N2O7/c1-23(2,3)33-22(28)25-14-13-24(17-27,26(29)30)21(25)16-32-20-11-9-19(10-12-20)31-15-18-7-5-4-6-8-18/h4-8,19-21,27H,9-17H2,1-3H3. The highest BCUT2D eigenvalue weighted by Crippen LogP contribution is 2.34. The van der Waals surface area contributed by atoms with E-state index in [-0.39, 0.29) is 31.8 Å². The average molecular weight is 465 g/mol. The SMILES string of the molecule is CC(C)(C)OC(=O)N1CCC(CO)([N+](=O)[O-])C1COC1CCC(OCc2ccccc2)CC1. The van der Waals surface area contributed by atoms with Gasteiger partial charge in [0, 0.05) is 17.9 Å². The van der Waals surface area contributed by atoms with Gasteiger partial charge in [0.15, 0.2) is 0 Å². The van der Waals surface area contributed by atoms with Crippen molar-refractivity contribution in [1.82, 2.24) is 4.90 Å². The highest BCUT2D eigenvalue weighted by Gasteiger charge is 2.59. The molecule has 9 nitrogen and oxygen atoms in total. The summed E-state index contributed by atoms with van der Waals surface area (Å²) >= 11 is 0. The van der Waals surface area contributed by atoms with Gasteiger partial charge in [0.05, 0.1) is 25.4 Å². The summed E-state index contributed by atoms with van der Waals surface area (Å²) in [5.41, 5.74) is -1.23. The highest BCUT2D eigenvalue weighted by molar-refractivity contribution is 5.69. The molecule has 1 heterocycles. The van der Waals surface area contributed by atoms with E-state index in [2.05, 4.69) is 0 Å². The second-order valence-electron chi connectivity index (χ2n) is 9.99. The molecule has 1 aromatic carbocycles. The predicted octanol–water partition coefficient (Wildman–Crippen LogP) is 3.55. The molecule has 2 aliphatic rings. The molecular weight excluding hydrogens is 428 g/mol. The first kappa shape index (κ1) is 25.4. The number of carbonyl (C=O) groups excluding carboxylic acids is 1. The van der Waals surface area contributed by atoms with Gasteiger partial charge in [-0.3, -0.25) is 15.0 Å². The Bertz CT molecular complexity index is 790. The van der Waals surface area contributed by atoms with E-state index in [4.69, 9.17) is 14.2 Å². The molecule has 2 fully saturated rings. The van der Waals surface area contributed by atoms with Gasteiger partial charge >= 0.3 is 6.09 Å². The van der Waals surface area contributed by atoms with Crippen LogP contribution in [0.5, 0.6) is 0 Å². The third-order valence-corrected chi connectivity index (χ3v) is 6.49. The molecule has 9 heteroatoms. The molecule has 0 spiro atoms. The van der Waals surface area contributed by atoms with Crippen molar-refractivity contribution in [1.29, 1.82) is 0 Å². The number of aliphatic hydroxyl groups is 1. The zero-order valence-corrected chi connectivity index (χ0v) is 19.8. The molecule has 0 radical (unpaired) electrons. The fraction of sp³-hybridized carbons (Fsp3) is 0.708. The Morgan fingerprint density at radius 1 is 1.15 bits per heavy atom. The van der Waals surface area contributed by atoms with Crippen LogP contribution in [0.2, 0.25) is 0 Å². The monoisotopic (exact) mass is 464 g/mol. The van der Waals surface area contributed by atoms with Crippen LogP contribution in [0.3, 0.4) is 0 Å². The number of nitrogens with zero attached hydrogens (tertiary/aromatic N) is 2. The lowest BCUT2D eigenvalue weighted by Crippen LogP contribution is -2.57. The minimum Gasteiger partial charge on any atom is -0.444 e. The normalized spacial score (nSPS) is 28.0. The average Bonchev–Trinajstić information content (AvgIpc) is 3.16. The summed E-state index contributed by atoms with van der Waals surface area (Å²) in [6, 6.07) is 9.14. The molecule has 3 rings (SSSR count). The van der Waals surface area contributed by atoms with Gasteiger partial charge in [0.2, 0.25) is 0 Å². The van der Waals surface area contributed by atoms with E-state index in [0.29, 0.717) is 6.61 Å². The van der Waals surface area contributed by atoms with E-state index in [0.717, 1.165) is 31.2 Å². The fourth-order valence-electron chi connectivity index (χ4n) is 4.55. The number of aliphatic hydroxyl groups excluding tert-OH is 1. The Labute approximate surface area is 195 Å². The number of nitro groups is 1. The fourth-order valence-corrected chi connectivity index (χ4v) is 4.55. The zero-order chi connectivity index (χ0) is 24.1. The van der Waals surface area contributed by atoms with Crippen LogP contribution >= 0.6 is 0 Å². The maximum absolute atomic E-state index is 12.7. The second kappa shape index (κ2) is 10.8. The first-order valence-corrected chi connectivity index (χ1v) is 11.7. The van der Waals surface area contributed by atoms with E-state index in [9.17, 15) is 20.0 Å². The maximum Gasteiger partial charge on any atom is 0.410 e. The van der Waals surface area contributed by atoms with Gasteiger partial charge in [-0.2, -0.15) is 0 Å². The molecule has 1 amide bonds. The number of hydrogen-bond donors (Lipinski definition) is 1. The van der Waals surface area contributed by atoms with Gasteiger partial charge in [-0.1, -0.05) is 30.3 Å². The molecule has 1 aliphatic heterocycles. The first-order valence-electron chi connectivity index (χ1n) is 11.7. The van der Waals surface area contributed by atoms with E-state index in [1.807, 2.05) is 30.3 Å². The van der Waals surface area contributed by atoms with Gasteiger partial charge in [0.25, 0.3) is 5.54 Å². The molecule has 2 unspecified atom stereocenters. The quantitative estimate of drug-likeness (QED) is 0.463. The Balaban J connectivity index is 1.55. The molecule has 184 valence electrons. The molecule has 0 bridgehead atoms. The van der Waals surface area contributed by atoms with Gasteiger partial charge in [-0.25, -0.2) is 4.79 Å². The summed E-state index contributed by atoms with van der Waals surface area (Å²) in [7, 11) is 0. The van der Waals surface area contributed by atoms with Crippen LogP contribution in [0.1, 0.15) is 58.4 Å². The van der Waals surface area contributed by atoms with Crippen LogP contribution in [0, 0.1) is 10.1 Å². The number of likely N-dealkylation sites (tertiary alicyclic amines) is 1. The molecule has 1 N–H and O–H groups in total. The molecule has 1 aliphatic carbocycles. The van der Waals surface area contributed by atoms with Crippen LogP contribution in [0.15, 0.2) is 30.3 Å². The number of hydrogen-bond acceptors (Lipinski definition) is 7. The molecule has 33 heavy (non-hydrogen) atoms. The summed E-state index contributed by atoms with van der Waals surface area (Å²) in [5, 5.41) is 21.8. The van der Waals surface area contributed by atoms with E-state index in [1.54, 1.807) is 20.8 Å². The van der Waals surface area contributed by atoms with E-state index < -0.39 is 34.8 Å². The lowest BCUT2D eigenvalue weighted by atomic mass is 9.91. The molecule has 2 atom stereocenters. The van der Waals surface area contributed by atoms with Gasteiger partial charge in [-0.15, -0.1) is 0 Å². The Morgan fingerprint density at radius 3 is 2.30 bits per heavy atom. The summed E-state index contributed by atoms with van der Waals surface area (Å²) in [4.78, 5) is 25.5.